The summed E-state index contributed by atoms with van der Waals surface area (Å²) in [5, 5.41) is 7.60. The molecule has 3 heterocycles. The smallest absolute Gasteiger partial charge is 0.243 e. The van der Waals surface area contributed by atoms with Gasteiger partial charge in [-0.1, -0.05) is 5.16 Å². The first-order valence-corrected chi connectivity index (χ1v) is 7.66. The molecule has 2 saturated heterocycles. The lowest BCUT2D eigenvalue weighted by atomic mass is 10.2. The SMILES string of the molecule is COC1CNC(c2nc(C3CN(C)CCCN3C)no2)C1. The fourth-order valence-electron chi connectivity index (χ4n) is 3.15. The van der Waals surface area contributed by atoms with E-state index < -0.39 is 0 Å². The molecule has 0 spiro atoms. The number of nitrogens with one attached hydrogen (secondary N) is 1. The van der Waals surface area contributed by atoms with Crippen molar-refractivity contribution in [1.29, 1.82) is 0 Å². The number of likely N-dealkylation sites (N-methyl/N-ethyl adjacent to an activating group) is 2. The highest BCUT2D eigenvalue weighted by Gasteiger charge is 2.32. The van der Waals surface area contributed by atoms with Gasteiger partial charge in [-0.3, -0.25) is 4.90 Å². The molecule has 3 unspecified atom stereocenters. The van der Waals surface area contributed by atoms with E-state index in [0.29, 0.717) is 5.89 Å². The van der Waals surface area contributed by atoms with Crippen molar-refractivity contribution in [2.45, 2.75) is 31.0 Å². The third-order valence-electron chi connectivity index (χ3n) is 4.54. The Morgan fingerprint density at radius 1 is 1.33 bits per heavy atom. The summed E-state index contributed by atoms with van der Waals surface area (Å²) in [7, 11) is 6.02. The van der Waals surface area contributed by atoms with E-state index in [2.05, 4.69) is 39.4 Å². The lowest BCUT2D eigenvalue weighted by Crippen LogP contribution is -2.31. The first-order valence-electron chi connectivity index (χ1n) is 7.66. The third-order valence-corrected chi connectivity index (χ3v) is 4.54. The molecular formula is C14H25N5O2. The predicted octanol–water partition coefficient (Wildman–Crippen LogP) is 0.427. The number of hydrogen-bond acceptors (Lipinski definition) is 7. The molecular weight excluding hydrogens is 270 g/mol. The summed E-state index contributed by atoms with van der Waals surface area (Å²) >= 11 is 0. The highest BCUT2D eigenvalue weighted by Crippen LogP contribution is 2.26. The molecule has 7 nitrogen and oxygen atoms in total. The molecule has 0 saturated carbocycles. The summed E-state index contributed by atoms with van der Waals surface area (Å²) in [6.45, 7) is 3.96. The number of ether oxygens (including phenoxy) is 1. The topological polar surface area (TPSA) is 66.7 Å². The second-order valence-electron chi connectivity index (χ2n) is 6.16. The van der Waals surface area contributed by atoms with Crippen LogP contribution >= 0.6 is 0 Å². The molecule has 1 N–H and O–H groups in total. The summed E-state index contributed by atoms with van der Waals surface area (Å²) in [4.78, 5) is 9.30. The third kappa shape index (κ3) is 3.26. The van der Waals surface area contributed by atoms with Gasteiger partial charge in [-0.2, -0.15) is 4.98 Å². The second kappa shape index (κ2) is 6.39. The molecule has 2 fully saturated rings. The number of aromatic nitrogens is 2. The van der Waals surface area contributed by atoms with Crippen molar-refractivity contribution in [1.82, 2.24) is 25.3 Å². The van der Waals surface area contributed by atoms with Gasteiger partial charge in [-0.25, -0.2) is 0 Å². The lowest BCUT2D eigenvalue weighted by molar-refractivity contribution is 0.116. The van der Waals surface area contributed by atoms with Crippen molar-refractivity contribution >= 4 is 0 Å². The van der Waals surface area contributed by atoms with E-state index in [1.165, 1.54) is 6.42 Å². The highest BCUT2D eigenvalue weighted by molar-refractivity contribution is 5.02. The summed E-state index contributed by atoms with van der Waals surface area (Å²) < 4.78 is 10.9. The standard InChI is InChI=1S/C14H25N5O2/c1-18-5-4-6-19(2)12(9-18)13-16-14(21-17-13)11-7-10(20-3)8-15-11/h10-12,15H,4-9H2,1-3H3. The van der Waals surface area contributed by atoms with E-state index in [1.54, 1.807) is 7.11 Å². The van der Waals surface area contributed by atoms with Crippen LogP contribution < -0.4 is 5.32 Å². The van der Waals surface area contributed by atoms with Crippen molar-refractivity contribution in [3.63, 3.8) is 0 Å². The molecule has 2 aliphatic heterocycles. The average Bonchev–Trinajstić information content (AvgIpc) is 3.10. The number of rotatable bonds is 3. The molecule has 0 aromatic carbocycles. The number of nitrogens with zero attached hydrogens (tertiary/aromatic N) is 4. The fourth-order valence-corrected chi connectivity index (χ4v) is 3.15. The molecule has 7 heteroatoms. The molecule has 1 aromatic heterocycles. The summed E-state index contributed by atoms with van der Waals surface area (Å²) in [6, 6.07) is 0.319. The van der Waals surface area contributed by atoms with Gasteiger partial charge in [-0.15, -0.1) is 0 Å². The molecule has 1 aromatic rings. The van der Waals surface area contributed by atoms with E-state index in [9.17, 15) is 0 Å². The minimum Gasteiger partial charge on any atom is -0.380 e. The molecule has 0 aliphatic carbocycles. The van der Waals surface area contributed by atoms with Crippen LogP contribution in [0.4, 0.5) is 0 Å². The van der Waals surface area contributed by atoms with E-state index in [4.69, 9.17) is 9.26 Å². The average molecular weight is 295 g/mol. The molecule has 0 bridgehead atoms. The minimum absolute atomic E-state index is 0.116. The van der Waals surface area contributed by atoms with E-state index >= 15 is 0 Å². The maximum absolute atomic E-state index is 5.49. The van der Waals surface area contributed by atoms with Crippen molar-refractivity contribution < 1.29 is 9.26 Å². The molecule has 3 rings (SSSR count). The Kier molecular flexibility index (Phi) is 4.54. The van der Waals surface area contributed by atoms with Crippen molar-refractivity contribution in [2.24, 2.45) is 0 Å². The molecule has 2 aliphatic rings. The van der Waals surface area contributed by atoms with Crippen LogP contribution in [0.3, 0.4) is 0 Å². The van der Waals surface area contributed by atoms with Crippen molar-refractivity contribution in [2.75, 3.05) is 47.4 Å². The van der Waals surface area contributed by atoms with Crippen LogP contribution in [0.2, 0.25) is 0 Å². The second-order valence-corrected chi connectivity index (χ2v) is 6.16. The number of hydrogen-bond donors (Lipinski definition) is 1. The van der Waals surface area contributed by atoms with Crippen LogP contribution in [0.1, 0.15) is 36.6 Å². The fraction of sp³-hybridized carbons (Fsp3) is 0.857. The van der Waals surface area contributed by atoms with Crippen LogP contribution in [0.5, 0.6) is 0 Å². The summed E-state index contributed by atoms with van der Waals surface area (Å²) in [5.74, 6) is 1.48. The lowest BCUT2D eigenvalue weighted by Gasteiger charge is -2.24. The van der Waals surface area contributed by atoms with Gasteiger partial charge in [0.05, 0.1) is 18.2 Å². The van der Waals surface area contributed by atoms with Gasteiger partial charge in [0, 0.05) is 20.2 Å². The van der Waals surface area contributed by atoms with Crippen LogP contribution in [-0.2, 0) is 4.74 Å². The Bertz CT molecular complexity index is 466. The predicted molar refractivity (Wildman–Crippen MR) is 77.9 cm³/mol. The zero-order valence-electron chi connectivity index (χ0n) is 13.1. The molecule has 3 atom stereocenters. The first-order chi connectivity index (χ1) is 10.2. The first kappa shape index (κ1) is 14.9. The molecule has 118 valence electrons. The van der Waals surface area contributed by atoms with Gasteiger partial charge >= 0.3 is 0 Å². The van der Waals surface area contributed by atoms with Crippen LogP contribution in [-0.4, -0.2) is 73.4 Å². The maximum Gasteiger partial charge on any atom is 0.243 e. The Labute approximate surface area is 125 Å². The van der Waals surface area contributed by atoms with Crippen LogP contribution in [0.25, 0.3) is 0 Å². The monoisotopic (exact) mass is 295 g/mol. The minimum atomic E-state index is 0.116. The van der Waals surface area contributed by atoms with Crippen molar-refractivity contribution in [3.05, 3.63) is 11.7 Å². The Balaban J connectivity index is 1.71. The van der Waals surface area contributed by atoms with Crippen LogP contribution in [0.15, 0.2) is 4.52 Å². The van der Waals surface area contributed by atoms with E-state index in [-0.39, 0.29) is 18.2 Å². The molecule has 21 heavy (non-hydrogen) atoms. The summed E-state index contributed by atoms with van der Waals surface area (Å²) in [6.07, 6.45) is 2.30. The normalized spacial score (nSPS) is 32.4. The zero-order chi connectivity index (χ0) is 14.8. The Hall–Kier alpha value is -1.02. The quantitative estimate of drug-likeness (QED) is 0.867. The van der Waals surface area contributed by atoms with Gasteiger partial charge in [-0.05, 0) is 40.0 Å². The van der Waals surface area contributed by atoms with Gasteiger partial charge in [0.25, 0.3) is 0 Å². The van der Waals surface area contributed by atoms with Gasteiger partial charge in [0.15, 0.2) is 5.82 Å². The Morgan fingerprint density at radius 3 is 2.95 bits per heavy atom. The van der Waals surface area contributed by atoms with Gasteiger partial charge < -0.3 is 19.5 Å². The number of methoxy groups -OCH3 is 1. The molecule has 0 radical (unpaired) electrons. The largest absolute Gasteiger partial charge is 0.380 e. The van der Waals surface area contributed by atoms with E-state index in [1.807, 2.05) is 0 Å². The van der Waals surface area contributed by atoms with E-state index in [0.717, 1.165) is 38.4 Å². The van der Waals surface area contributed by atoms with Crippen molar-refractivity contribution in [3.8, 4) is 0 Å². The van der Waals surface area contributed by atoms with Crippen LogP contribution in [0, 0.1) is 0 Å². The molecule has 0 amide bonds. The zero-order valence-corrected chi connectivity index (χ0v) is 13.1. The maximum atomic E-state index is 5.49. The van der Waals surface area contributed by atoms with Gasteiger partial charge in [0.1, 0.15) is 0 Å². The van der Waals surface area contributed by atoms with Gasteiger partial charge in [0.2, 0.25) is 5.89 Å². The highest BCUT2D eigenvalue weighted by atomic mass is 16.5. The Morgan fingerprint density at radius 2 is 2.19 bits per heavy atom. The summed E-state index contributed by atoms with van der Waals surface area (Å²) in [5.41, 5.74) is 0.